The van der Waals surface area contributed by atoms with Gasteiger partial charge >= 0.3 is 0 Å². The zero-order valence-corrected chi connectivity index (χ0v) is 14.3. The van der Waals surface area contributed by atoms with Crippen LogP contribution in [0.25, 0.3) is 0 Å². The summed E-state index contributed by atoms with van der Waals surface area (Å²) in [4.78, 5) is 0. The maximum atomic E-state index is 10.9. The lowest BCUT2D eigenvalue weighted by molar-refractivity contribution is 0.0435. The van der Waals surface area contributed by atoms with Gasteiger partial charge in [0.25, 0.3) is 0 Å². The molecule has 0 radical (unpaired) electrons. The van der Waals surface area contributed by atoms with Crippen LogP contribution < -0.4 is 0 Å². The third-order valence-corrected chi connectivity index (χ3v) is 7.64. The molecule has 0 saturated heterocycles. The second kappa shape index (κ2) is 6.88. The number of hydrogen-bond acceptors (Lipinski definition) is 2. The van der Waals surface area contributed by atoms with Crippen LogP contribution in [0.1, 0.15) is 13.3 Å². The first-order valence-electron chi connectivity index (χ1n) is 7.51. The lowest BCUT2D eigenvalue weighted by Crippen LogP contribution is -2.46. The molecule has 0 saturated carbocycles. The van der Waals surface area contributed by atoms with Gasteiger partial charge in [0.15, 0.2) is 0 Å². The summed E-state index contributed by atoms with van der Waals surface area (Å²) in [6.45, 7) is 16.7. The molecule has 2 N–H and O–H groups in total. The monoisotopic (exact) mass is 294 g/mol. The Labute approximate surface area is 124 Å². The maximum absolute atomic E-state index is 10.9. The van der Waals surface area contributed by atoms with Crippen molar-refractivity contribution in [1.82, 2.24) is 0 Å². The van der Waals surface area contributed by atoms with Crippen molar-refractivity contribution in [3.05, 3.63) is 37.0 Å². The van der Waals surface area contributed by atoms with E-state index < -0.39 is 8.07 Å². The van der Waals surface area contributed by atoms with Gasteiger partial charge in [-0.25, -0.2) is 0 Å². The summed E-state index contributed by atoms with van der Waals surface area (Å²) in [6, 6.07) is 0. The van der Waals surface area contributed by atoms with Gasteiger partial charge in [-0.05, 0) is 29.4 Å². The average molecular weight is 295 g/mol. The normalized spacial score (nSPS) is 30.3. The third-order valence-electron chi connectivity index (χ3n) is 4.84. The fourth-order valence-corrected chi connectivity index (χ4v) is 5.41. The molecule has 3 heteroatoms. The Hall–Kier alpha value is -0.643. The molecule has 2 nitrogen and oxygen atoms in total. The van der Waals surface area contributed by atoms with Crippen molar-refractivity contribution in [3.63, 3.8) is 0 Å². The van der Waals surface area contributed by atoms with Crippen LogP contribution in [0.5, 0.6) is 0 Å². The summed E-state index contributed by atoms with van der Waals surface area (Å²) in [6.07, 6.45) is 6.46. The summed E-state index contributed by atoms with van der Waals surface area (Å²) >= 11 is 0. The van der Waals surface area contributed by atoms with Crippen molar-refractivity contribution >= 4 is 8.07 Å². The molecule has 0 bridgehead atoms. The fraction of sp³-hybridized carbons (Fsp3) is 0.647. The van der Waals surface area contributed by atoms with E-state index in [1.54, 1.807) is 0 Å². The number of aliphatic hydroxyl groups is 2. The van der Waals surface area contributed by atoms with Gasteiger partial charge in [-0.15, -0.1) is 6.58 Å². The highest BCUT2D eigenvalue weighted by Crippen LogP contribution is 2.44. The summed E-state index contributed by atoms with van der Waals surface area (Å²) in [7, 11) is -1.44. The summed E-state index contributed by atoms with van der Waals surface area (Å²) in [5.74, 6) is 0.144. The number of aliphatic hydroxyl groups excluding tert-OH is 2. The number of allylic oxidation sites excluding steroid dienone is 3. The predicted octanol–water partition coefficient (Wildman–Crippen LogP) is 3.62. The van der Waals surface area contributed by atoms with Crippen molar-refractivity contribution in [1.29, 1.82) is 0 Å². The van der Waals surface area contributed by atoms with E-state index in [2.05, 4.69) is 45.8 Å². The highest BCUT2D eigenvalue weighted by atomic mass is 28.3. The van der Waals surface area contributed by atoms with E-state index in [4.69, 9.17) is 0 Å². The summed E-state index contributed by atoms with van der Waals surface area (Å²) in [5.41, 5.74) is 1.42. The van der Waals surface area contributed by atoms with Crippen molar-refractivity contribution in [2.45, 2.75) is 44.6 Å². The molecule has 1 aliphatic rings. The first-order valence-corrected chi connectivity index (χ1v) is 11.1. The first kappa shape index (κ1) is 17.4. The van der Waals surface area contributed by atoms with Gasteiger partial charge in [0.05, 0.1) is 14.2 Å². The summed E-state index contributed by atoms with van der Waals surface area (Å²) in [5, 5.41) is 20.7. The van der Waals surface area contributed by atoms with Crippen molar-refractivity contribution < 1.29 is 10.2 Å². The second-order valence-corrected chi connectivity index (χ2v) is 12.5. The van der Waals surface area contributed by atoms with Crippen LogP contribution in [0, 0.1) is 17.8 Å². The average Bonchev–Trinajstić information content (AvgIpc) is 2.39. The molecule has 5 atom stereocenters. The predicted molar refractivity (Wildman–Crippen MR) is 89.4 cm³/mol. The Balaban J connectivity index is 3.17. The van der Waals surface area contributed by atoms with Crippen LogP contribution in [0.2, 0.25) is 25.2 Å². The molecule has 114 valence electrons. The Kier molecular flexibility index (Phi) is 5.99. The summed E-state index contributed by atoms with van der Waals surface area (Å²) < 4.78 is 0. The largest absolute Gasteiger partial charge is 0.396 e. The van der Waals surface area contributed by atoms with Gasteiger partial charge in [0, 0.05) is 12.5 Å². The minimum atomic E-state index is -1.44. The number of rotatable bonds is 6. The van der Waals surface area contributed by atoms with Crippen LogP contribution in [0.15, 0.2) is 37.0 Å². The third kappa shape index (κ3) is 3.51. The van der Waals surface area contributed by atoms with Crippen LogP contribution in [-0.2, 0) is 0 Å². The molecule has 0 aliphatic heterocycles. The molecule has 0 aromatic rings. The topological polar surface area (TPSA) is 40.5 Å². The van der Waals surface area contributed by atoms with Gasteiger partial charge in [0.1, 0.15) is 0 Å². The van der Waals surface area contributed by atoms with E-state index in [0.29, 0.717) is 5.54 Å². The quantitative estimate of drug-likeness (QED) is 0.580. The highest BCUT2D eigenvalue weighted by molar-refractivity contribution is 6.77. The molecule has 0 spiro atoms. The molecule has 20 heavy (non-hydrogen) atoms. The minimum Gasteiger partial charge on any atom is -0.396 e. The van der Waals surface area contributed by atoms with E-state index in [1.165, 1.54) is 0 Å². The van der Waals surface area contributed by atoms with Crippen molar-refractivity contribution in [2.75, 3.05) is 6.61 Å². The van der Waals surface area contributed by atoms with Crippen LogP contribution >= 0.6 is 0 Å². The van der Waals surface area contributed by atoms with E-state index in [9.17, 15) is 10.2 Å². The maximum Gasteiger partial charge on any atom is 0.0619 e. The first-order chi connectivity index (χ1) is 9.27. The molecule has 0 fully saturated rings. The molecule has 0 aromatic carbocycles. The molecular formula is C17H30O2Si. The van der Waals surface area contributed by atoms with E-state index in [0.717, 1.165) is 12.0 Å². The van der Waals surface area contributed by atoms with Gasteiger partial charge in [-0.3, -0.25) is 0 Å². The smallest absolute Gasteiger partial charge is 0.0619 e. The molecular weight excluding hydrogens is 264 g/mol. The molecule has 0 heterocycles. The van der Waals surface area contributed by atoms with Gasteiger partial charge in [0.2, 0.25) is 0 Å². The Bertz CT molecular complexity index is 381. The Morgan fingerprint density at radius 3 is 2.40 bits per heavy atom. The lowest BCUT2D eigenvalue weighted by atomic mass is 9.72. The van der Waals surface area contributed by atoms with Gasteiger partial charge in [-0.1, -0.05) is 51.4 Å². The van der Waals surface area contributed by atoms with Crippen LogP contribution in [0.3, 0.4) is 0 Å². The van der Waals surface area contributed by atoms with Gasteiger partial charge < -0.3 is 10.2 Å². The molecule has 0 aromatic heterocycles. The fourth-order valence-electron chi connectivity index (χ4n) is 3.35. The molecule has 1 rings (SSSR count). The molecule has 0 amide bonds. The number of hydrogen-bond donors (Lipinski definition) is 2. The standard InChI is InChI=1S/C17H30O2Si/c1-7-12(3)14(11-18)16-13(8-2)9-10-15(17(16)19)20(4,5)6/h7-9,12,14-19H,1-2,10-11H2,3-6H3/t12-,14-,15-,16-,17-/m0/s1. The molecule has 1 aliphatic carbocycles. The Morgan fingerprint density at radius 2 is 2.00 bits per heavy atom. The van der Waals surface area contributed by atoms with E-state index in [-0.39, 0.29) is 30.5 Å². The zero-order valence-electron chi connectivity index (χ0n) is 13.3. The van der Waals surface area contributed by atoms with Crippen molar-refractivity contribution in [3.8, 4) is 0 Å². The zero-order chi connectivity index (χ0) is 15.5. The second-order valence-electron chi connectivity index (χ2n) is 7.07. The van der Waals surface area contributed by atoms with Crippen molar-refractivity contribution in [2.24, 2.45) is 17.8 Å². The van der Waals surface area contributed by atoms with E-state index >= 15 is 0 Å². The Morgan fingerprint density at radius 1 is 1.40 bits per heavy atom. The van der Waals surface area contributed by atoms with Crippen LogP contribution in [0.4, 0.5) is 0 Å². The highest BCUT2D eigenvalue weighted by Gasteiger charge is 2.43. The SMILES string of the molecule is C=CC1=CC[C@H]([Si](C)(C)C)[C@H](O)[C@@H]1[C@@H](CO)[C@@H](C)C=C. The lowest BCUT2D eigenvalue weighted by Gasteiger charge is -2.44. The molecule has 0 unspecified atom stereocenters. The van der Waals surface area contributed by atoms with Crippen LogP contribution in [-0.4, -0.2) is 31.0 Å². The van der Waals surface area contributed by atoms with Gasteiger partial charge in [-0.2, -0.15) is 0 Å². The van der Waals surface area contributed by atoms with E-state index in [1.807, 2.05) is 12.2 Å². The minimum absolute atomic E-state index is 0.00546.